The van der Waals surface area contributed by atoms with Crippen molar-refractivity contribution >= 4 is 51.0 Å². The van der Waals surface area contributed by atoms with Crippen LogP contribution in [-0.2, 0) is 14.3 Å². The van der Waals surface area contributed by atoms with Gasteiger partial charge in [-0.15, -0.1) is 5.10 Å². The molecule has 1 aromatic rings. The number of benzene rings is 1. The van der Waals surface area contributed by atoms with Gasteiger partial charge in [0.2, 0.25) is 0 Å². The Kier molecular flexibility index (Phi) is 5.56. The van der Waals surface area contributed by atoms with Crippen molar-refractivity contribution in [3.05, 3.63) is 28.2 Å². The molecule has 1 aliphatic rings. The average Bonchev–Trinajstić information content (AvgIpc) is 2.84. The molecule has 0 aromatic heterocycles. The minimum absolute atomic E-state index is 0.0552. The van der Waals surface area contributed by atoms with E-state index in [2.05, 4.69) is 31.4 Å². The highest BCUT2D eigenvalue weighted by atomic mass is 79.9. The number of phenolic OH excluding ortho intramolecular Hbond substituents is 1. The van der Waals surface area contributed by atoms with E-state index in [0.29, 0.717) is 5.56 Å². The summed E-state index contributed by atoms with van der Waals surface area (Å²) >= 11 is 4.22. The van der Waals surface area contributed by atoms with Gasteiger partial charge in [0.1, 0.15) is 5.75 Å². The lowest BCUT2D eigenvalue weighted by atomic mass is 10.2. The van der Waals surface area contributed by atoms with E-state index in [1.54, 1.807) is 19.1 Å². The predicted molar refractivity (Wildman–Crippen MR) is 87.0 cm³/mol. The number of hydrogen-bond donors (Lipinski definition) is 2. The van der Waals surface area contributed by atoms with Crippen LogP contribution in [0, 0.1) is 0 Å². The number of esters is 1. The largest absolute Gasteiger partial charge is 0.507 e. The van der Waals surface area contributed by atoms with Crippen LogP contribution in [0.4, 0.5) is 0 Å². The van der Waals surface area contributed by atoms with Crippen molar-refractivity contribution < 1.29 is 19.4 Å². The van der Waals surface area contributed by atoms with Crippen molar-refractivity contribution in [2.75, 3.05) is 6.61 Å². The summed E-state index contributed by atoms with van der Waals surface area (Å²) in [7, 11) is 0. The maximum Gasteiger partial charge on any atom is 0.329 e. The van der Waals surface area contributed by atoms with Crippen molar-refractivity contribution in [3.63, 3.8) is 0 Å². The van der Waals surface area contributed by atoms with Gasteiger partial charge in [-0.3, -0.25) is 9.59 Å². The smallest absolute Gasteiger partial charge is 0.329 e. The number of hydrogen-bond acceptors (Lipinski definition) is 7. The molecule has 0 bridgehead atoms. The fourth-order valence-corrected chi connectivity index (χ4v) is 2.75. The van der Waals surface area contributed by atoms with E-state index in [1.807, 2.05) is 0 Å². The first-order valence-corrected chi connectivity index (χ1v) is 7.92. The molecule has 1 heterocycles. The molecule has 1 aliphatic heterocycles. The van der Waals surface area contributed by atoms with Crippen LogP contribution < -0.4 is 5.32 Å². The Morgan fingerprint density at radius 2 is 2.36 bits per heavy atom. The van der Waals surface area contributed by atoms with Gasteiger partial charge in [0.25, 0.3) is 5.91 Å². The molecule has 1 atom stereocenters. The Labute approximate surface area is 139 Å². The lowest BCUT2D eigenvalue weighted by molar-refractivity contribution is -0.144. The maximum atomic E-state index is 11.6. The van der Waals surface area contributed by atoms with Crippen LogP contribution in [0.1, 0.15) is 12.5 Å². The normalized spacial score (nSPS) is 19.6. The van der Waals surface area contributed by atoms with Crippen LogP contribution in [0.2, 0.25) is 0 Å². The summed E-state index contributed by atoms with van der Waals surface area (Å²) < 4.78 is 5.58. The van der Waals surface area contributed by atoms with Crippen LogP contribution in [0.15, 0.2) is 32.9 Å². The van der Waals surface area contributed by atoms with E-state index >= 15 is 0 Å². The second kappa shape index (κ2) is 7.41. The van der Waals surface area contributed by atoms with Crippen LogP contribution in [0.3, 0.4) is 0 Å². The van der Waals surface area contributed by atoms with E-state index in [-0.39, 0.29) is 17.5 Å². The summed E-state index contributed by atoms with van der Waals surface area (Å²) in [5, 5.41) is 18.9. The number of nitrogens with one attached hydrogen (secondary N) is 1. The Balaban J connectivity index is 2.05. The molecule has 0 saturated carbocycles. The van der Waals surface area contributed by atoms with Crippen LogP contribution in [0.25, 0.3) is 0 Å². The summed E-state index contributed by atoms with van der Waals surface area (Å²) in [5.41, 5.74) is 0.468. The van der Waals surface area contributed by atoms with Crippen molar-refractivity contribution in [3.8, 4) is 5.75 Å². The van der Waals surface area contributed by atoms with Gasteiger partial charge >= 0.3 is 5.97 Å². The molecule has 0 radical (unpaired) electrons. The van der Waals surface area contributed by atoms with Gasteiger partial charge in [0.15, 0.2) is 10.4 Å². The highest BCUT2D eigenvalue weighted by molar-refractivity contribution is 9.10. The molecular formula is C13H12BrN3O4S. The Hall–Kier alpha value is -1.87. The molecule has 2 rings (SSSR count). The molecule has 9 heteroatoms. The first-order chi connectivity index (χ1) is 10.5. The Morgan fingerprint density at radius 1 is 1.59 bits per heavy atom. The third kappa shape index (κ3) is 4.08. The SMILES string of the molecule is CCOC(=O)[C@@H]1S/C(=N\N=C/c2cc(Br)ccc2O)NC1=O. The molecule has 1 saturated heterocycles. The molecule has 2 N–H and O–H groups in total. The van der Waals surface area contributed by atoms with E-state index in [0.717, 1.165) is 16.2 Å². The van der Waals surface area contributed by atoms with Crippen molar-refractivity contribution in [1.29, 1.82) is 0 Å². The maximum absolute atomic E-state index is 11.6. The van der Waals surface area contributed by atoms with Gasteiger partial charge in [0, 0.05) is 10.0 Å². The fourth-order valence-electron chi connectivity index (χ4n) is 1.56. The van der Waals surface area contributed by atoms with Crippen molar-refractivity contribution in [2.45, 2.75) is 12.2 Å². The molecule has 0 spiro atoms. The number of halogens is 1. The first-order valence-electron chi connectivity index (χ1n) is 6.25. The zero-order valence-corrected chi connectivity index (χ0v) is 13.8. The molecule has 0 aliphatic carbocycles. The number of phenols is 1. The number of carbonyl (C=O) groups excluding carboxylic acids is 2. The number of nitrogens with zero attached hydrogens (tertiary/aromatic N) is 2. The molecule has 7 nitrogen and oxygen atoms in total. The Bertz CT molecular complexity index is 663. The minimum atomic E-state index is -0.965. The molecule has 1 fully saturated rings. The number of ether oxygens (including phenoxy) is 1. The number of thioether (sulfide) groups is 1. The monoisotopic (exact) mass is 385 g/mol. The Morgan fingerprint density at radius 3 is 3.09 bits per heavy atom. The number of amides is 1. The number of carbonyl (C=O) groups is 2. The summed E-state index contributed by atoms with van der Waals surface area (Å²) in [5.74, 6) is -1.04. The van der Waals surface area contributed by atoms with Crippen LogP contribution in [0.5, 0.6) is 5.75 Å². The third-order valence-electron chi connectivity index (χ3n) is 2.53. The van der Waals surface area contributed by atoms with Crippen molar-refractivity contribution in [2.24, 2.45) is 10.2 Å². The highest BCUT2D eigenvalue weighted by Gasteiger charge is 2.37. The number of aromatic hydroxyl groups is 1. The topological polar surface area (TPSA) is 100 Å². The second-order valence-electron chi connectivity index (χ2n) is 4.09. The zero-order valence-electron chi connectivity index (χ0n) is 11.4. The van der Waals surface area contributed by atoms with Gasteiger partial charge in [-0.1, -0.05) is 27.7 Å². The van der Waals surface area contributed by atoms with E-state index in [4.69, 9.17) is 4.74 Å². The molecule has 116 valence electrons. The van der Waals surface area contributed by atoms with Gasteiger partial charge in [-0.05, 0) is 25.1 Å². The zero-order chi connectivity index (χ0) is 16.1. The molecule has 1 aromatic carbocycles. The quantitative estimate of drug-likeness (QED) is 0.355. The first kappa shape index (κ1) is 16.5. The number of rotatable bonds is 4. The summed E-state index contributed by atoms with van der Waals surface area (Å²) in [4.78, 5) is 23.2. The highest BCUT2D eigenvalue weighted by Crippen LogP contribution is 2.22. The molecule has 0 unspecified atom stereocenters. The third-order valence-corrected chi connectivity index (χ3v) is 4.08. The van der Waals surface area contributed by atoms with Gasteiger partial charge in [-0.25, -0.2) is 0 Å². The second-order valence-corrected chi connectivity index (χ2v) is 6.10. The van der Waals surface area contributed by atoms with Crippen molar-refractivity contribution in [1.82, 2.24) is 5.32 Å². The minimum Gasteiger partial charge on any atom is -0.507 e. The van der Waals surface area contributed by atoms with Gasteiger partial charge in [-0.2, -0.15) is 5.10 Å². The summed E-state index contributed by atoms with van der Waals surface area (Å²) in [6.45, 7) is 1.87. The van der Waals surface area contributed by atoms with E-state index in [1.165, 1.54) is 12.3 Å². The standard InChI is InChI=1S/C13H12BrN3O4S/c1-2-21-12(20)10-11(19)16-13(22-10)17-15-6-7-5-8(14)3-4-9(7)18/h3-6,10,18H,2H2,1H3,(H,16,17,19)/b15-6-/t10-/m1/s1. The lowest BCUT2D eigenvalue weighted by Gasteiger charge is -2.03. The summed E-state index contributed by atoms with van der Waals surface area (Å²) in [6, 6.07) is 4.87. The molecule has 1 amide bonds. The van der Waals surface area contributed by atoms with Gasteiger partial charge in [0.05, 0.1) is 12.8 Å². The van der Waals surface area contributed by atoms with E-state index < -0.39 is 17.1 Å². The fraction of sp³-hybridized carbons (Fsp3) is 0.231. The molecule has 22 heavy (non-hydrogen) atoms. The molecular weight excluding hydrogens is 374 g/mol. The lowest BCUT2D eigenvalue weighted by Crippen LogP contribution is -2.31. The van der Waals surface area contributed by atoms with Crippen LogP contribution in [-0.4, -0.2) is 40.2 Å². The van der Waals surface area contributed by atoms with Crippen LogP contribution >= 0.6 is 27.7 Å². The van der Waals surface area contributed by atoms with E-state index in [9.17, 15) is 14.7 Å². The predicted octanol–water partition coefficient (Wildman–Crippen LogP) is 1.64. The average molecular weight is 386 g/mol. The number of amidine groups is 1. The van der Waals surface area contributed by atoms with Gasteiger partial charge < -0.3 is 15.2 Å². The summed E-state index contributed by atoms with van der Waals surface area (Å²) in [6.07, 6.45) is 1.34.